The molecule has 0 atom stereocenters. The SMILES string of the molecule is CCc1nc(Cc2ccccn2)sc1CNC(C)(C)C. The highest BCUT2D eigenvalue weighted by molar-refractivity contribution is 7.11. The Balaban J connectivity index is 2.10. The summed E-state index contributed by atoms with van der Waals surface area (Å²) in [6.45, 7) is 9.63. The number of rotatable bonds is 5. The molecule has 0 saturated carbocycles. The molecule has 2 heterocycles. The maximum Gasteiger partial charge on any atom is 0.0991 e. The molecule has 0 unspecified atom stereocenters. The van der Waals surface area contributed by atoms with Gasteiger partial charge in [-0.15, -0.1) is 11.3 Å². The third-order valence-electron chi connectivity index (χ3n) is 3.00. The lowest BCUT2D eigenvalue weighted by Crippen LogP contribution is -2.35. The Morgan fingerprint density at radius 2 is 2.05 bits per heavy atom. The fraction of sp³-hybridized carbons (Fsp3) is 0.500. The van der Waals surface area contributed by atoms with Gasteiger partial charge in [-0.25, -0.2) is 4.98 Å². The molecule has 0 aliphatic carbocycles. The largest absolute Gasteiger partial charge is 0.307 e. The quantitative estimate of drug-likeness (QED) is 0.914. The summed E-state index contributed by atoms with van der Waals surface area (Å²) in [4.78, 5) is 10.5. The van der Waals surface area contributed by atoms with Gasteiger partial charge in [0.1, 0.15) is 0 Å². The second kappa shape index (κ2) is 6.46. The first kappa shape index (κ1) is 15.1. The van der Waals surface area contributed by atoms with Gasteiger partial charge in [0.05, 0.1) is 10.7 Å². The van der Waals surface area contributed by atoms with Crippen molar-refractivity contribution in [2.45, 2.75) is 52.6 Å². The predicted octanol–water partition coefficient (Wildman–Crippen LogP) is 3.58. The standard InChI is InChI=1S/C16H23N3S/c1-5-13-14(11-18-16(2,3)4)20-15(19-13)10-12-8-6-7-9-17-12/h6-9,18H,5,10-11H2,1-4H3. The normalized spacial score (nSPS) is 11.8. The summed E-state index contributed by atoms with van der Waals surface area (Å²) in [5.41, 5.74) is 2.44. The Morgan fingerprint density at radius 1 is 1.25 bits per heavy atom. The van der Waals surface area contributed by atoms with Gasteiger partial charge >= 0.3 is 0 Å². The molecule has 2 aromatic heterocycles. The highest BCUT2D eigenvalue weighted by Gasteiger charge is 2.14. The average Bonchev–Trinajstić information content (AvgIpc) is 2.79. The van der Waals surface area contributed by atoms with Crippen LogP contribution in [0.5, 0.6) is 0 Å². The van der Waals surface area contributed by atoms with E-state index in [1.54, 1.807) is 11.3 Å². The summed E-state index contributed by atoms with van der Waals surface area (Å²) in [7, 11) is 0. The molecule has 1 N–H and O–H groups in total. The van der Waals surface area contributed by atoms with Crippen molar-refractivity contribution >= 4 is 11.3 Å². The van der Waals surface area contributed by atoms with Crippen LogP contribution in [0.15, 0.2) is 24.4 Å². The number of nitrogens with zero attached hydrogens (tertiary/aromatic N) is 2. The van der Waals surface area contributed by atoms with Crippen molar-refractivity contribution in [3.05, 3.63) is 45.7 Å². The number of pyridine rings is 1. The minimum atomic E-state index is 0.135. The fourth-order valence-electron chi connectivity index (χ4n) is 1.93. The van der Waals surface area contributed by atoms with Gasteiger partial charge in [0.15, 0.2) is 0 Å². The smallest absolute Gasteiger partial charge is 0.0991 e. The van der Waals surface area contributed by atoms with Gasteiger partial charge in [-0.2, -0.15) is 0 Å². The zero-order valence-electron chi connectivity index (χ0n) is 12.7. The van der Waals surface area contributed by atoms with Crippen molar-refractivity contribution in [2.24, 2.45) is 0 Å². The van der Waals surface area contributed by atoms with Crippen LogP contribution in [0.25, 0.3) is 0 Å². The number of thiazole rings is 1. The van der Waals surface area contributed by atoms with Crippen molar-refractivity contribution in [2.75, 3.05) is 0 Å². The maximum atomic E-state index is 4.76. The molecule has 0 aliphatic heterocycles. The van der Waals surface area contributed by atoms with Crippen molar-refractivity contribution < 1.29 is 0 Å². The van der Waals surface area contributed by atoms with Crippen LogP contribution in [0.3, 0.4) is 0 Å². The van der Waals surface area contributed by atoms with Crippen LogP contribution in [-0.4, -0.2) is 15.5 Å². The second-order valence-electron chi connectivity index (χ2n) is 5.93. The first-order valence-corrected chi connectivity index (χ1v) is 7.92. The third kappa shape index (κ3) is 4.39. The summed E-state index contributed by atoms with van der Waals surface area (Å²) in [5.74, 6) is 0. The third-order valence-corrected chi connectivity index (χ3v) is 4.09. The van der Waals surface area contributed by atoms with E-state index in [1.807, 2.05) is 18.3 Å². The highest BCUT2D eigenvalue weighted by atomic mass is 32.1. The Morgan fingerprint density at radius 3 is 2.65 bits per heavy atom. The van der Waals surface area contributed by atoms with Gasteiger partial charge in [0, 0.05) is 35.3 Å². The zero-order valence-corrected chi connectivity index (χ0v) is 13.5. The van der Waals surface area contributed by atoms with Crippen molar-refractivity contribution in [3.63, 3.8) is 0 Å². The van der Waals surface area contributed by atoms with Gasteiger partial charge in [0.2, 0.25) is 0 Å². The van der Waals surface area contributed by atoms with Gasteiger partial charge in [0.25, 0.3) is 0 Å². The molecule has 2 rings (SSSR count). The summed E-state index contributed by atoms with van der Waals surface area (Å²) >= 11 is 1.81. The summed E-state index contributed by atoms with van der Waals surface area (Å²) < 4.78 is 0. The van der Waals surface area contributed by atoms with Crippen LogP contribution < -0.4 is 5.32 Å². The molecule has 2 aromatic rings. The van der Waals surface area contributed by atoms with Crippen LogP contribution in [0.2, 0.25) is 0 Å². The molecule has 3 nitrogen and oxygen atoms in total. The topological polar surface area (TPSA) is 37.8 Å². The van der Waals surface area contributed by atoms with E-state index in [4.69, 9.17) is 4.98 Å². The molecule has 0 radical (unpaired) electrons. The molecule has 108 valence electrons. The van der Waals surface area contributed by atoms with Gasteiger partial charge < -0.3 is 5.32 Å². The van der Waals surface area contributed by atoms with Crippen molar-refractivity contribution in [3.8, 4) is 0 Å². The van der Waals surface area contributed by atoms with Crippen LogP contribution in [0.1, 0.15) is 49.0 Å². The molecule has 0 bridgehead atoms. The van der Waals surface area contributed by atoms with Gasteiger partial charge in [-0.1, -0.05) is 13.0 Å². The number of aromatic nitrogens is 2. The minimum absolute atomic E-state index is 0.135. The number of aryl methyl sites for hydroxylation is 1. The van der Waals surface area contributed by atoms with E-state index in [-0.39, 0.29) is 5.54 Å². The summed E-state index contributed by atoms with van der Waals surface area (Å²) in [5, 5.41) is 4.70. The van der Waals surface area contributed by atoms with E-state index in [1.165, 1.54) is 10.6 Å². The maximum absolute atomic E-state index is 4.76. The van der Waals surface area contributed by atoms with E-state index in [2.05, 4.69) is 44.1 Å². The van der Waals surface area contributed by atoms with Gasteiger partial charge in [-0.3, -0.25) is 4.98 Å². The summed E-state index contributed by atoms with van der Waals surface area (Å²) in [6.07, 6.45) is 3.65. The summed E-state index contributed by atoms with van der Waals surface area (Å²) in [6, 6.07) is 6.03. The van der Waals surface area contributed by atoms with Crippen LogP contribution in [0.4, 0.5) is 0 Å². The number of hydrogen-bond donors (Lipinski definition) is 1. The lowest BCUT2D eigenvalue weighted by Gasteiger charge is -2.20. The first-order chi connectivity index (χ1) is 9.48. The molecule has 20 heavy (non-hydrogen) atoms. The van der Waals surface area contributed by atoms with E-state index < -0.39 is 0 Å². The molecular weight excluding hydrogens is 266 g/mol. The van der Waals surface area contributed by atoms with E-state index in [9.17, 15) is 0 Å². The second-order valence-corrected chi connectivity index (χ2v) is 7.10. The van der Waals surface area contributed by atoms with Crippen LogP contribution in [0, 0.1) is 0 Å². The van der Waals surface area contributed by atoms with E-state index >= 15 is 0 Å². The van der Waals surface area contributed by atoms with E-state index in [0.29, 0.717) is 0 Å². The van der Waals surface area contributed by atoms with Crippen molar-refractivity contribution in [1.29, 1.82) is 0 Å². The Bertz CT molecular complexity index is 541. The molecule has 0 saturated heterocycles. The van der Waals surface area contributed by atoms with Gasteiger partial charge in [-0.05, 0) is 39.3 Å². The molecule has 4 heteroatoms. The number of hydrogen-bond acceptors (Lipinski definition) is 4. The molecule has 0 aliphatic rings. The zero-order chi connectivity index (χ0) is 14.6. The first-order valence-electron chi connectivity index (χ1n) is 7.10. The molecule has 0 fully saturated rings. The fourth-order valence-corrected chi connectivity index (χ4v) is 3.04. The Labute approximate surface area is 125 Å². The average molecular weight is 289 g/mol. The Hall–Kier alpha value is -1.26. The Kier molecular flexibility index (Phi) is 4.89. The lowest BCUT2D eigenvalue weighted by molar-refractivity contribution is 0.425. The molecule has 0 spiro atoms. The molecule has 0 aromatic carbocycles. The monoisotopic (exact) mass is 289 g/mol. The van der Waals surface area contributed by atoms with Crippen molar-refractivity contribution in [1.82, 2.24) is 15.3 Å². The van der Waals surface area contributed by atoms with Crippen LogP contribution >= 0.6 is 11.3 Å². The van der Waals surface area contributed by atoms with Crippen LogP contribution in [-0.2, 0) is 19.4 Å². The highest BCUT2D eigenvalue weighted by Crippen LogP contribution is 2.22. The number of nitrogens with one attached hydrogen (secondary N) is 1. The molecular formula is C16H23N3S. The molecule has 0 amide bonds. The lowest BCUT2D eigenvalue weighted by atomic mass is 10.1. The van der Waals surface area contributed by atoms with E-state index in [0.717, 1.165) is 30.1 Å². The minimum Gasteiger partial charge on any atom is -0.307 e. The predicted molar refractivity (Wildman–Crippen MR) is 85.1 cm³/mol.